The molecule has 2 amide bonds. The van der Waals surface area contributed by atoms with Gasteiger partial charge in [-0.2, -0.15) is 5.10 Å². The number of benzene rings is 2. The molecule has 1 N–H and O–H groups in total. The summed E-state index contributed by atoms with van der Waals surface area (Å²) in [6.07, 6.45) is 3.23. The molecule has 0 saturated heterocycles. The van der Waals surface area contributed by atoms with Gasteiger partial charge in [0.1, 0.15) is 0 Å². The number of nitrogens with one attached hydrogen (secondary N) is 1. The van der Waals surface area contributed by atoms with Crippen LogP contribution in [0.15, 0.2) is 42.5 Å². The molecule has 1 heterocycles. The Morgan fingerprint density at radius 3 is 2.38 bits per heavy atom. The average Bonchev–Trinajstić information content (AvgIpc) is 3.03. The molecule has 0 atom stereocenters. The average molecular weight is 479 g/mol. The number of amides is 2. The highest BCUT2D eigenvalue weighted by Crippen LogP contribution is 2.22. The predicted octanol–water partition coefficient (Wildman–Crippen LogP) is 5.24. The minimum atomic E-state index is -0.259. The van der Waals surface area contributed by atoms with Crippen LogP contribution in [-0.2, 0) is 16.1 Å². The van der Waals surface area contributed by atoms with E-state index in [4.69, 9.17) is 11.6 Å². The molecule has 0 radical (unpaired) electrons. The zero-order valence-corrected chi connectivity index (χ0v) is 21.3. The summed E-state index contributed by atoms with van der Waals surface area (Å²) in [6.45, 7) is 10.3. The number of hydrogen-bond donors (Lipinski definition) is 1. The zero-order valence-electron chi connectivity index (χ0n) is 20.6. The van der Waals surface area contributed by atoms with Crippen molar-refractivity contribution >= 4 is 35.2 Å². The number of carbonyl (C=O) groups is 2. The van der Waals surface area contributed by atoms with Gasteiger partial charge in [-0.25, -0.2) is 0 Å². The van der Waals surface area contributed by atoms with Gasteiger partial charge in [-0.05, 0) is 63.5 Å². The maximum Gasteiger partial charge on any atom is 0.246 e. The Labute approximate surface area is 206 Å². The first-order valence-electron chi connectivity index (χ1n) is 11.1. The lowest BCUT2D eigenvalue weighted by molar-refractivity contribution is -0.129. The molecule has 6 nitrogen and oxygen atoms in total. The molecule has 178 valence electrons. The third-order valence-corrected chi connectivity index (χ3v) is 6.18. The first-order valence-corrected chi connectivity index (χ1v) is 11.5. The monoisotopic (exact) mass is 478 g/mol. The van der Waals surface area contributed by atoms with E-state index in [-0.39, 0.29) is 18.4 Å². The molecular weight excluding hydrogens is 448 g/mol. The number of aromatic nitrogens is 2. The van der Waals surface area contributed by atoms with Crippen LogP contribution in [0.5, 0.6) is 0 Å². The largest absolute Gasteiger partial charge is 0.333 e. The van der Waals surface area contributed by atoms with Crippen molar-refractivity contribution in [1.29, 1.82) is 0 Å². The highest BCUT2D eigenvalue weighted by atomic mass is 35.5. The first kappa shape index (κ1) is 25.2. The number of anilines is 1. The predicted molar refractivity (Wildman–Crippen MR) is 138 cm³/mol. The van der Waals surface area contributed by atoms with Gasteiger partial charge < -0.3 is 10.2 Å². The summed E-state index contributed by atoms with van der Waals surface area (Å²) in [6, 6.07) is 11.7. The first-order chi connectivity index (χ1) is 16.1. The van der Waals surface area contributed by atoms with Crippen molar-refractivity contribution in [2.75, 3.05) is 18.9 Å². The van der Waals surface area contributed by atoms with Gasteiger partial charge in [0.15, 0.2) is 0 Å². The summed E-state index contributed by atoms with van der Waals surface area (Å²) < 4.78 is 1.88. The molecule has 0 spiro atoms. The summed E-state index contributed by atoms with van der Waals surface area (Å²) in [5, 5.41) is 8.23. The van der Waals surface area contributed by atoms with E-state index < -0.39 is 0 Å². The van der Waals surface area contributed by atoms with E-state index in [1.54, 1.807) is 13.1 Å². The van der Waals surface area contributed by atoms with Gasteiger partial charge in [-0.1, -0.05) is 47.5 Å². The number of hydrogen-bond acceptors (Lipinski definition) is 3. The van der Waals surface area contributed by atoms with Crippen molar-refractivity contribution in [2.24, 2.45) is 0 Å². The van der Waals surface area contributed by atoms with E-state index in [1.165, 1.54) is 11.0 Å². The summed E-state index contributed by atoms with van der Waals surface area (Å²) in [7, 11) is 1.61. The number of halogens is 1. The molecule has 0 bridgehead atoms. The van der Waals surface area contributed by atoms with Crippen LogP contribution < -0.4 is 5.32 Å². The Morgan fingerprint density at radius 1 is 1.09 bits per heavy atom. The van der Waals surface area contributed by atoms with Gasteiger partial charge in [0, 0.05) is 35.1 Å². The standard InChI is InChI=1S/C27H31ClN4O2/c1-17-13-18(2)27(19(3)14-17)29-25(33)16-31(6)26(34)12-11-23-20(4)30-32(21(23)5)15-22-9-7-8-10-24(22)28/h7-14H,15-16H2,1-6H3,(H,29,33)/b12-11+. The van der Waals surface area contributed by atoms with Crippen LogP contribution >= 0.6 is 11.6 Å². The van der Waals surface area contributed by atoms with Crippen LogP contribution in [0.25, 0.3) is 6.08 Å². The lowest BCUT2D eigenvalue weighted by Gasteiger charge is -2.17. The van der Waals surface area contributed by atoms with Gasteiger partial charge in [0.05, 0.1) is 18.8 Å². The van der Waals surface area contributed by atoms with E-state index in [1.807, 2.05) is 75.7 Å². The van der Waals surface area contributed by atoms with Crippen molar-refractivity contribution in [2.45, 2.75) is 41.2 Å². The van der Waals surface area contributed by atoms with Crippen LogP contribution in [0, 0.1) is 34.6 Å². The molecule has 0 saturated carbocycles. The zero-order chi connectivity index (χ0) is 25.0. The number of aryl methyl sites for hydroxylation is 4. The van der Waals surface area contributed by atoms with E-state index in [2.05, 4.69) is 10.4 Å². The number of rotatable bonds is 7. The number of nitrogens with zero attached hydrogens (tertiary/aromatic N) is 3. The summed E-state index contributed by atoms with van der Waals surface area (Å²) >= 11 is 6.29. The van der Waals surface area contributed by atoms with Gasteiger partial charge in [0.25, 0.3) is 0 Å². The lowest BCUT2D eigenvalue weighted by atomic mass is 10.1. The molecule has 0 fully saturated rings. The Hall–Kier alpha value is -3.38. The fourth-order valence-electron chi connectivity index (χ4n) is 4.03. The van der Waals surface area contributed by atoms with Gasteiger partial charge in [-0.3, -0.25) is 14.3 Å². The van der Waals surface area contributed by atoms with Gasteiger partial charge in [-0.15, -0.1) is 0 Å². The minimum absolute atomic E-state index is 0.0420. The Morgan fingerprint density at radius 2 is 1.74 bits per heavy atom. The molecule has 3 rings (SSSR count). The summed E-state index contributed by atoms with van der Waals surface area (Å²) in [5.74, 6) is -0.496. The van der Waals surface area contributed by atoms with E-state index in [0.29, 0.717) is 11.6 Å². The lowest BCUT2D eigenvalue weighted by Crippen LogP contribution is -2.34. The van der Waals surface area contributed by atoms with Crippen molar-refractivity contribution in [3.8, 4) is 0 Å². The summed E-state index contributed by atoms with van der Waals surface area (Å²) in [4.78, 5) is 26.6. The second-order valence-corrected chi connectivity index (χ2v) is 9.09. The maximum atomic E-state index is 12.7. The second kappa shape index (κ2) is 10.7. The van der Waals surface area contributed by atoms with Crippen LogP contribution in [-0.4, -0.2) is 40.1 Å². The molecular formula is C27H31ClN4O2. The van der Waals surface area contributed by atoms with E-state index >= 15 is 0 Å². The number of likely N-dealkylation sites (N-methyl/N-ethyl adjacent to an activating group) is 1. The Kier molecular flexibility index (Phi) is 7.94. The molecule has 2 aromatic carbocycles. The Balaban J connectivity index is 1.65. The quantitative estimate of drug-likeness (QED) is 0.472. The molecule has 1 aromatic heterocycles. The molecule has 0 aliphatic rings. The fourth-order valence-corrected chi connectivity index (χ4v) is 4.22. The normalized spacial score (nSPS) is 11.1. The second-order valence-electron chi connectivity index (χ2n) is 8.68. The summed E-state index contributed by atoms with van der Waals surface area (Å²) in [5.41, 5.74) is 7.55. The van der Waals surface area contributed by atoms with Crippen molar-refractivity contribution in [3.63, 3.8) is 0 Å². The van der Waals surface area contributed by atoms with Gasteiger partial charge >= 0.3 is 0 Å². The fraction of sp³-hybridized carbons (Fsp3) is 0.296. The maximum absolute atomic E-state index is 12.7. The third kappa shape index (κ3) is 5.94. The third-order valence-electron chi connectivity index (χ3n) is 5.81. The van der Waals surface area contributed by atoms with Crippen LogP contribution in [0.2, 0.25) is 5.02 Å². The van der Waals surface area contributed by atoms with Gasteiger partial charge in [0.2, 0.25) is 11.8 Å². The van der Waals surface area contributed by atoms with Crippen LogP contribution in [0.3, 0.4) is 0 Å². The molecule has 0 unspecified atom stereocenters. The highest BCUT2D eigenvalue weighted by molar-refractivity contribution is 6.31. The topological polar surface area (TPSA) is 67.2 Å². The SMILES string of the molecule is Cc1cc(C)c(NC(=O)CN(C)C(=O)/C=C/c2c(C)nn(Cc3ccccc3Cl)c2C)c(C)c1. The molecule has 0 aliphatic heterocycles. The van der Waals surface area contributed by atoms with E-state index in [9.17, 15) is 9.59 Å². The Bertz CT molecular complexity index is 1240. The minimum Gasteiger partial charge on any atom is -0.333 e. The molecule has 7 heteroatoms. The highest BCUT2D eigenvalue weighted by Gasteiger charge is 2.15. The van der Waals surface area contributed by atoms with Crippen molar-refractivity contribution in [3.05, 3.63) is 86.7 Å². The van der Waals surface area contributed by atoms with Crippen molar-refractivity contribution in [1.82, 2.24) is 14.7 Å². The van der Waals surface area contributed by atoms with E-state index in [0.717, 1.165) is 44.9 Å². The van der Waals surface area contributed by atoms with Crippen LogP contribution in [0.1, 0.15) is 39.2 Å². The molecule has 3 aromatic rings. The molecule has 0 aliphatic carbocycles. The smallest absolute Gasteiger partial charge is 0.246 e. The van der Waals surface area contributed by atoms with Crippen molar-refractivity contribution < 1.29 is 9.59 Å². The molecule has 34 heavy (non-hydrogen) atoms. The van der Waals surface area contributed by atoms with Crippen LogP contribution in [0.4, 0.5) is 5.69 Å². The number of carbonyl (C=O) groups excluding carboxylic acids is 2.